The molecular weight excluding hydrogens is 264 g/mol. The number of rotatable bonds is 1. The predicted molar refractivity (Wildman–Crippen MR) is 72.8 cm³/mol. The normalized spacial score (nSPS) is 14.3. The molecule has 0 unspecified atom stereocenters. The van der Waals surface area contributed by atoms with Gasteiger partial charge in [0.15, 0.2) is 0 Å². The van der Waals surface area contributed by atoms with E-state index in [1.165, 1.54) is 0 Å². The van der Waals surface area contributed by atoms with Crippen LogP contribution in [0.2, 0.25) is 5.02 Å². The van der Waals surface area contributed by atoms with Crippen molar-refractivity contribution in [3.8, 4) is 0 Å². The van der Waals surface area contributed by atoms with Crippen molar-refractivity contribution in [3.05, 3.63) is 47.0 Å². The summed E-state index contributed by atoms with van der Waals surface area (Å²) in [4.78, 5) is 18.5. The van der Waals surface area contributed by atoms with Gasteiger partial charge in [-0.15, -0.1) is 0 Å². The Morgan fingerprint density at radius 3 is 3.00 bits per heavy atom. The van der Waals surface area contributed by atoms with E-state index in [0.717, 1.165) is 12.4 Å². The number of nitrogens with zero attached hydrogens (tertiary/aromatic N) is 3. The van der Waals surface area contributed by atoms with Crippen LogP contribution >= 0.6 is 11.6 Å². The molecule has 0 spiro atoms. The Labute approximate surface area is 115 Å². The van der Waals surface area contributed by atoms with E-state index in [1.807, 2.05) is 10.8 Å². The van der Waals surface area contributed by atoms with Crippen molar-refractivity contribution in [1.82, 2.24) is 14.5 Å². The molecule has 1 amide bonds. The first-order valence-electron chi connectivity index (χ1n) is 6.00. The molecule has 1 aromatic heterocycles. The van der Waals surface area contributed by atoms with Crippen LogP contribution in [-0.4, -0.2) is 26.9 Å². The highest BCUT2D eigenvalue weighted by molar-refractivity contribution is 6.34. The summed E-state index contributed by atoms with van der Waals surface area (Å²) in [5.41, 5.74) is 6.64. The molecule has 0 radical (unpaired) electrons. The summed E-state index contributed by atoms with van der Waals surface area (Å²) in [7, 11) is 0. The van der Waals surface area contributed by atoms with Gasteiger partial charge in [0.25, 0.3) is 5.91 Å². The van der Waals surface area contributed by atoms with E-state index in [4.69, 9.17) is 17.3 Å². The van der Waals surface area contributed by atoms with Gasteiger partial charge in [-0.1, -0.05) is 17.7 Å². The number of fused-ring (bicyclic) bond motifs is 1. The number of halogens is 1. The van der Waals surface area contributed by atoms with Gasteiger partial charge in [-0.3, -0.25) is 4.79 Å². The van der Waals surface area contributed by atoms with Crippen LogP contribution in [0.15, 0.2) is 30.6 Å². The lowest BCUT2D eigenvalue weighted by Gasteiger charge is -2.28. The highest BCUT2D eigenvalue weighted by atomic mass is 35.5. The Bertz CT molecular complexity index is 617. The third kappa shape index (κ3) is 2.06. The molecule has 1 aromatic carbocycles. The minimum Gasteiger partial charge on any atom is -0.398 e. The molecule has 0 fully saturated rings. The highest BCUT2D eigenvalue weighted by Crippen LogP contribution is 2.25. The smallest absolute Gasteiger partial charge is 0.257 e. The molecule has 2 heterocycles. The number of hydrogen-bond acceptors (Lipinski definition) is 3. The van der Waals surface area contributed by atoms with Gasteiger partial charge in [-0.05, 0) is 12.1 Å². The zero-order valence-electron chi connectivity index (χ0n) is 10.2. The number of anilines is 1. The molecule has 5 nitrogen and oxygen atoms in total. The van der Waals surface area contributed by atoms with E-state index in [9.17, 15) is 4.79 Å². The van der Waals surface area contributed by atoms with Crippen molar-refractivity contribution in [1.29, 1.82) is 0 Å². The predicted octanol–water partition coefficient (Wildman–Crippen LogP) is 1.77. The van der Waals surface area contributed by atoms with Crippen LogP contribution in [0.1, 0.15) is 16.2 Å². The average molecular weight is 277 g/mol. The van der Waals surface area contributed by atoms with Gasteiger partial charge in [0.05, 0.1) is 17.1 Å². The van der Waals surface area contributed by atoms with E-state index in [0.29, 0.717) is 29.4 Å². The minimum atomic E-state index is -0.141. The second kappa shape index (κ2) is 4.59. The zero-order valence-corrected chi connectivity index (χ0v) is 11.0. The topological polar surface area (TPSA) is 64.2 Å². The van der Waals surface area contributed by atoms with Gasteiger partial charge >= 0.3 is 0 Å². The fourth-order valence-electron chi connectivity index (χ4n) is 2.27. The number of benzene rings is 1. The first-order chi connectivity index (χ1) is 9.16. The fourth-order valence-corrected chi connectivity index (χ4v) is 2.53. The van der Waals surface area contributed by atoms with Gasteiger partial charge in [-0.25, -0.2) is 4.98 Å². The van der Waals surface area contributed by atoms with E-state index >= 15 is 0 Å². The van der Waals surface area contributed by atoms with Gasteiger partial charge in [-0.2, -0.15) is 0 Å². The van der Waals surface area contributed by atoms with Crippen LogP contribution in [0, 0.1) is 0 Å². The summed E-state index contributed by atoms with van der Waals surface area (Å²) in [5, 5.41) is 0.388. The number of carbonyl (C=O) groups excluding carboxylic acids is 1. The largest absolute Gasteiger partial charge is 0.398 e. The van der Waals surface area contributed by atoms with Crippen molar-refractivity contribution in [2.75, 3.05) is 12.3 Å². The standard InChI is InChI=1S/C13H13ClN4O/c14-9-2-1-3-10(15)12(9)13(19)18-7-6-17-5-4-16-11(17)8-18/h1-5H,6-8,15H2. The van der Waals surface area contributed by atoms with Crippen LogP contribution < -0.4 is 5.73 Å². The third-order valence-corrected chi connectivity index (χ3v) is 3.61. The molecule has 0 saturated heterocycles. The average Bonchev–Trinajstić information content (AvgIpc) is 2.85. The summed E-state index contributed by atoms with van der Waals surface area (Å²) in [5.74, 6) is 0.738. The van der Waals surface area contributed by atoms with Crippen LogP contribution in [0.3, 0.4) is 0 Å². The van der Waals surface area contributed by atoms with Crippen LogP contribution in [-0.2, 0) is 13.1 Å². The van der Waals surface area contributed by atoms with Gasteiger partial charge in [0.2, 0.25) is 0 Å². The van der Waals surface area contributed by atoms with Crippen molar-refractivity contribution in [2.45, 2.75) is 13.1 Å². The molecule has 98 valence electrons. The van der Waals surface area contributed by atoms with Crippen LogP contribution in [0.25, 0.3) is 0 Å². The molecule has 0 saturated carbocycles. The number of carbonyl (C=O) groups is 1. The lowest BCUT2D eigenvalue weighted by atomic mass is 10.1. The van der Waals surface area contributed by atoms with Gasteiger partial charge in [0, 0.05) is 31.2 Å². The molecular formula is C13H13ClN4O. The van der Waals surface area contributed by atoms with Gasteiger partial charge < -0.3 is 15.2 Å². The van der Waals surface area contributed by atoms with Crippen LogP contribution in [0.5, 0.6) is 0 Å². The number of nitrogens with two attached hydrogens (primary N) is 1. The second-order valence-electron chi connectivity index (χ2n) is 4.47. The van der Waals surface area contributed by atoms with E-state index in [1.54, 1.807) is 29.3 Å². The number of aromatic nitrogens is 2. The van der Waals surface area contributed by atoms with E-state index in [-0.39, 0.29) is 5.91 Å². The van der Waals surface area contributed by atoms with E-state index in [2.05, 4.69) is 4.98 Å². The Morgan fingerprint density at radius 2 is 2.21 bits per heavy atom. The summed E-state index contributed by atoms with van der Waals surface area (Å²) in [6.45, 7) is 1.86. The Hall–Kier alpha value is -2.01. The monoisotopic (exact) mass is 276 g/mol. The maximum Gasteiger partial charge on any atom is 0.257 e. The number of hydrogen-bond donors (Lipinski definition) is 1. The molecule has 2 aromatic rings. The lowest BCUT2D eigenvalue weighted by Crippen LogP contribution is -2.38. The first kappa shape index (κ1) is 12.0. The van der Waals surface area contributed by atoms with Crippen molar-refractivity contribution in [3.63, 3.8) is 0 Å². The summed E-state index contributed by atoms with van der Waals surface area (Å²) in [6, 6.07) is 5.09. The summed E-state index contributed by atoms with van der Waals surface area (Å²) in [6.07, 6.45) is 3.66. The maximum atomic E-state index is 12.5. The molecule has 0 atom stereocenters. The highest BCUT2D eigenvalue weighted by Gasteiger charge is 2.25. The summed E-state index contributed by atoms with van der Waals surface area (Å²) < 4.78 is 2.04. The fraction of sp³-hybridized carbons (Fsp3) is 0.231. The first-order valence-corrected chi connectivity index (χ1v) is 6.38. The molecule has 0 bridgehead atoms. The minimum absolute atomic E-state index is 0.141. The SMILES string of the molecule is Nc1cccc(Cl)c1C(=O)N1CCn2ccnc2C1. The van der Waals surface area contributed by atoms with Crippen LogP contribution in [0.4, 0.5) is 5.69 Å². The Kier molecular flexibility index (Phi) is 2.91. The zero-order chi connectivity index (χ0) is 13.4. The number of amides is 1. The maximum absolute atomic E-state index is 12.5. The number of nitrogen functional groups attached to an aromatic ring is 1. The van der Waals surface area contributed by atoms with Crippen molar-refractivity contribution < 1.29 is 4.79 Å². The molecule has 3 rings (SSSR count). The molecule has 1 aliphatic heterocycles. The molecule has 1 aliphatic rings. The van der Waals surface area contributed by atoms with E-state index < -0.39 is 0 Å². The molecule has 2 N–H and O–H groups in total. The van der Waals surface area contributed by atoms with Crippen molar-refractivity contribution in [2.24, 2.45) is 0 Å². The van der Waals surface area contributed by atoms with Gasteiger partial charge in [0.1, 0.15) is 5.82 Å². The molecule has 0 aliphatic carbocycles. The third-order valence-electron chi connectivity index (χ3n) is 3.29. The molecule has 19 heavy (non-hydrogen) atoms. The van der Waals surface area contributed by atoms with Crippen molar-refractivity contribution >= 4 is 23.2 Å². The molecule has 6 heteroatoms. The summed E-state index contributed by atoms with van der Waals surface area (Å²) >= 11 is 6.07. The lowest BCUT2D eigenvalue weighted by molar-refractivity contribution is 0.0709. The quantitative estimate of drug-likeness (QED) is 0.808. The number of imidazole rings is 1. The second-order valence-corrected chi connectivity index (χ2v) is 4.87. The Morgan fingerprint density at radius 1 is 1.37 bits per heavy atom. The Balaban J connectivity index is 1.90.